The summed E-state index contributed by atoms with van der Waals surface area (Å²) in [6, 6.07) is 7.32. The molecule has 0 aliphatic carbocycles. The molecule has 1 saturated heterocycles. The molecule has 1 aromatic rings. The maximum atomic E-state index is 11.7. The largest absolute Gasteiger partial charge is 0.494 e. The second kappa shape index (κ2) is 8.64. The van der Waals surface area contributed by atoms with E-state index in [0.29, 0.717) is 18.7 Å². The van der Waals surface area contributed by atoms with E-state index < -0.39 is 0 Å². The highest BCUT2D eigenvalue weighted by Crippen LogP contribution is 2.13. The van der Waals surface area contributed by atoms with Crippen molar-refractivity contribution in [3.05, 3.63) is 29.8 Å². The van der Waals surface area contributed by atoms with E-state index in [1.807, 2.05) is 19.1 Å². The van der Waals surface area contributed by atoms with Crippen LogP contribution in [-0.4, -0.2) is 56.8 Å². The summed E-state index contributed by atoms with van der Waals surface area (Å²) in [5.74, 6) is 0.692. The molecule has 116 valence electrons. The Morgan fingerprint density at radius 3 is 2.95 bits per heavy atom. The second-order valence-electron chi connectivity index (χ2n) is 5.04. The summed E-state index contributed by atoms with van der Waals surface area (Å²) >= 11 is 0. The van der Waals surface area contributed by atoms with Crippen LogP contribution >= 0.6 is 0 Å². The lowest BCUT2D eigenvalue weighted by Crippen LogP contribution is -2.37. The van der Waals surface area contributed by atoms with E-state index >= 15 is 0 Å². The van der Waals surface area contributed by atoms with E-state index in [-0.39, 0.29) is 5.91 Å². The van der Waals surface area contributed by atoms with Gasteiger partial charge in [0.05, 0.1) is 19.8 Å². The van der Waals surface area contributed by atoms with Crippen molar-refractivity contribution in [3.63, 3.8) is 0 Å². The molecule has 0 radical (unpaired) electrons. The van der Waals surface area contributed by atoms with Gasteiger partial charge in [0.2, 0.25) is 0 Å². The molecule has 0 atom stereocenters. The lowest BCUT2D eigenvalue weighted by atomic mass is 10.2. The minimum Gasteiger partial charge on any atom is -0.494 e. The Morgan fingerprint density at radius 2 is 2.19 bits per heavy atom. The molecular formula is C16H24N2O3. The fourth-order valence-electron chi connectivity index (χ4n) is 2.29. The van der Waals surface area contributed by atoms with E-state index in [2.05, 4.69) is 10.2 Å². The minimum absolute atomic E-state index is 0.0590. The maximum absolute atomic E-state index is 11.7. The number of rotatable bonds is 7. The fraction of sp³-hybridized carbons (Fsp3) is 0.562. The number of benzene rings is 1. The number of ether oxygens (including phenoxy) is 2. The molecule has 0 saturated carbocycles. The molecule has 1 amide bonds. The number of carbonyl (C=O) groups is 1. The van der Waals surface area contributed by atoms with Gasteiger partial charge in [0.25, 0.3) is 5.91 Å². The number of nitrogens with one attached hydrogen (secondary N) is 1. The van der Waals surface area contributed by atoms with Crippen LogP contribution in [0, 0.1) is 0 Å². The topological polar surface area (TPSA) is 50.8 Å². The number of hydrogen-bond donors (Lipinski definition) is 1. The lowest BCUT2D eigenvalue weighted by molar-refractivity contribution is 0.0358. The summed E-state index contributed by atoms with van der Waals surface area (Å²) in [6.45, 7) is 7.90. The van der Waals surface area contributed by atoms with Crippen molar-refractivity contribution in [1.82, 2.24) is 10.2 Å². The van der Waals surface area contributed by atoms with Gasteiger partial charge in [-0.1, -0.05) is 6.07 Å². The lowest BCUT2D eigenvalue weighted by Gasteiger charge is -2.26. The van der Waals surface area contributed by atoms with E-state index in [4.69, 9.17) is 9.47 Å². The molecule has 1 fully saturated rings. The monoisotopic (exact) mass is 292 g/mol. The molecule has 0 unspecified atom stereocenters. The van der Waals surface area contributed by atoms with Crippen LogP contribution in [0.25, 0.3) is 0 Å². The summed E-state index contributed by atoms with van der Waals surface area (Å²) in [4.78, 5) is 14.1. The zero-order chi connectivity index (χ0) is 14.9. The van der Waals surface area contributed by atoms with Gasteiger partial charge in [-0.15, -0.1) is 0 Å². The standard InChI is InChI=1S/C16H24N2O3/c1-2-17-16(19)14-5-3-6-15(13-14)21-10-4-7-18-8-11-20-12-9-18/h3,5-6,13H,2,4,7-12H2,1H3,(H,17,19). The molecule has 0 spiro atoms. The van der Waals surface area contributed by atoms with Crippen molar-refractivity contribution in [1.29, 1.82) is 0 Å². The third kappa shape index (κ3) is 5.36. The third-order valence-corrected chi connectivity index (χ3v) is 3.42. The Labute approximate surface area is 126 Å². The molecule has 5 nitrogen and oxygen atoms in total. The zero-order valence-electron chi connectivity index (χ0n) is 12.6. The summed E-state index contributed by atoms with van der Waals surface area (Å²) in [7, 11) is 0. The van der Waals surface area contributed by atoms with Crippen molar-refractivity contribution in [3.8, 4) is 5.75 Å². The number of hydrogen-bond acceptors (Lipinski definition) is 4. The minimum atomic E-state index is -0.0590. The summed E-state index contributed by atoms with van der Waals surface area (Å²) < 4.78 is 11.0. The first-order valence-electron chi connectivity index (χ1n) is 7.60. The highest BCUT2D eigenvalue weighted by molar-refractivity contribution is 5.94. The molecule has 1 aromatic carbocycles. The number of morpholine rings is 1. The van der Waals surface area contributed by atoms with Gasteiger partial charge in [-0.3, -0.25) is 9.69 Å². The summed E-state index contributed by atoms with van der Waals surface area (Å²) in [5, 5.41) is 2.79. The first kappa shape index (κ1) is 15.8. The van der Waals surface area contributed by atoms with Gasteiger partial charge in [-0.2, -0.15) is 0 Å². The van der Waals surface area contributed by atoms with Crippen molar-refractivity contribution in [2.24, 2.45) is 0 Å². The van der Waals surface area contributed by atoms with Crippen LogP contribution in [0.15, 0.2) is 24.3 Å². The summed E-state index contributed by atoms with van der Waals surface area (Å²) in [5.41, 5.74) is 0.641. The Morgan fingerprint density at radius 1 is 1.38 bits per heavy atom. The molecule has 1 heterocycles. The van der Waals surface area contributed by atoms with E-state index in [1.54, 1.807) is 12.1 Å². The van der Waals surface area contributed by atoms with Gasteiger partial charge in [0.1, 0.15) is 5.75 Å². The van der Waals surface area contributed by atoms with Crippen LogP contribution in [0.1, 0.15) is 23.7 Å². The molecule has 1 aliphatic rings. The number of nitrogens with zero attached hydrogens (tertiary/aromatic N) is 1. The maximum Gasteiger partial charge on any atom is 0.251 e. The molecule has 5 heteroatoms. The van der Waals surface area contributed by atoms with E-state index in [1.165, 1.54) is 0 Å². The Kier molecular flexibility index (Phi) is 6.50. The molecule has 0 bridgehead atoms. The van der Waals surface area contributed by atoms with Gasteiger partial charge < -0.3 is 14.8 Å². The van der Waals surface area contributed by atoms with Crippen LogP contribution in [0.4, 0.5) is 0 Å². The van der Waals surface area contributed by atoms with E-state index in [0.717, 1.165) is 45.0 Å². The van der Waals surface area contributed by atoms with E-state index in [9.17, 15) is 4.79 Å². The molecule has 1 aliphatic heterocycles. The van der Waals surface area contributed by atoms with Crippen molar-refractivity contribution >= 4 is 5.91 Å². The van der Waals surface area contributed by atoms with Crippen molar-refractivity contribution in [2.45, 2.75) is 13.3 Å². The average molecular weight is 292 g/mol. The Hall–Kier alpha value is -1.59. The summed E-state index contributed by atoms with van der Waals surface area (Å²) in [6.07, 6.45) is 0.978. The third-order valence-electron chi connectivity index (χ3n) is 3.42. The van der Waals surface area contributed by atoms with Gasteiger partial charge >= 0.3 is 0 Å². The molecule has 2 rings (SSSR count). The Bertz CT molecular complexity index is 445. The van der Waals surface area contributed by atoms with Crippen LogP contribution in [0.5, 0.6) is 5.75 Å². The number of carbonyl (C=O) groups excluding carboxylic acids is 1. The quantitative estimate of drug-likeness (QED) is 0.775. The number of amides is 1. The van der Waals surface area contributed by atoms with Crippen LogP contribution in [-0.2, 0) is 4.74 Å². The predicted molar refractivity (Wildman–Crippen MR) is 81.8 cm³/mol. The van der Waals surface area contributed by atoms with Crippen LogP contribution in [0.3, 0.4) is 0 Å². The second-order valence-corrected chi connectivity index (χ2v) is 5.04. The molecule has 1 N–H and O–H groups in total. The molecular weight excluding hydrogens is 268 g/mol. The fourth-order valence-corrected chi connectivity index (χ4v) is 2.29. The van der Waals surface area contributed by atoms with Crippen molar-refractivity contribution in [2.75, 3.05) is 46.0 Å². The zero-order valence-corrected chi connectivity index (χ0v) is 12.6. The predicted octanol–water partition coefficient (Wildman–Crippen LogP) is 1.54. The highest BCUT2D eigenvalue weighted by atomic mass is 16.5. The smallest absolute Gasteiger partial charge is 0.251 e. The SMILES string of the molecule is CCNC(=O)c1cccc(OCCCN2CCOCC2)c1. The molecule has 0 aromatic heterocycles. The van der Waals surface area contributed by atoms with Crippen LogP contribution < -0.4 is 10.1 Å². The van der Waals surface area contributed by atoms with Gasteiger partial charge in [-0.05, 0) is 31.5 Å². The highest BCUT2D eigenvalue weighted by Gasteiger charge is 2.09. The van der Waals surface area contributed by atoms with Gasteiger partial charge in [0.15, 0.2) is 0 Å². The normalized spacial score (nSPS) is 15.7. The van der Waals surface area contributed by atoms with Gasteiger partial charge in [0, 0.05) is 31.7 Å². The average Bonchev–Trinajstić information content (AvgIpc) is 2.53. The first-order chi connectivity index (χ1) is 10.3. The Balaban J connectivity index is 1.72. The van der Waals surface area contributed by atoms with Gasteiger partial charge in [-0.25, -0.2) is 0 Å². The van der Waals surface area contributed by atoms with Crippen LogP contribution in [0.2, 0.25) is 0 Å². The van der Waals surface area contributed by atoms with Crippen molar-refractivity contribution < 1.29 is 14.3 Å². The first-order valence-corrected chi connectivity index (χ1v) is 7.60. The molecule has 21 heavy (non-hydrogen) atoms.